The molecule has 0 aliphatic carbocycles. The summed E-state index contributed by atoms with van der Waals surface area (Å²) in [5, 5.41) is 10.2. The van der Waals surface area contributed by atoms with Gasteiger partial charge in [0.15, 0.2) is 0 Å². The van der Waals surface area contributed by atoms with Gasteiger partial charge in [0.05, 0.1) is 24.6 Å². The van der Waals surface area contributed by atoms with E-state index in [1.54, 1.807) is 14.0 Å². The molecule has 0 amide bonds. The van der Waals surface area contributed by atoms with Crippen molar-refractivity contribution in [3.8, 4) is 17.0 Å². The molecule has 2 aromatic heterocycles. The molecule has 0 fully saturated rings. The Kier molecular flexibility index (Phi) is 3.62. The highest BCUT2D eigenvalue weighted by Gasteiger charge is 2.18. The molecule has 1 atom stereocenters. The van der Waals surface area contributed by atoms with E-state index in [1.807, 2.05) is 54.8 Å². The van der Waals surface area contributed by atoms with Gasteiger partial charge in [0, 0.05) is 11.8 Å². The summed E-state index contributed by atoms with van der Waals surface area (Å²) in [6.45, 7) is 5.81. The van der Waals surface area contributed by atoms with Gasteiger partial charge < -0.3 is 14.2 Å². The standard InChI is InChI=1S/C18H20N2O2/c1-11-7-8-20-16(9-11)19-17(18(20)13(3)21)14-5-6-15(22-4)12(2)10-14/h5-10,13,21H,1-4H3. The number of ether oxygens (including phenoxy) is 1. The number of hydrogen-bond donors (Lipinski definition) is 1. The van der Waals surface area contributed by atoms with Crippen molar-refractivity contribution in [1.82, 2.24) is 9.38 Å². The molecule has 0 spiro atoms. The van der Waals surface area contributed by atoms with Gasteiger partial charge in [-0.05, 0) is 62.2 Å². The first-order valence-electron chi connectivity index (χ1n) is 7.33. The van der Waals surface area contributed by atoms with Crippen LogP contribution in [-0.4, -0.2) is 21.6 Å². The quantitative estimate of drug-likeness (QED) is 0.802. The predicted octanol–water partition coefficient (Wildman–Crippen LogP) is 3.68. The maximum atomic E-state index is 10.2. The second-order valence-corrected chi connectivity index (χ2v) is 5.64. The Bertz CT molecular complexity index is 834. The molecule has 0 aliphatic heterocycles. The van der Waals surface area contributed by atoms with Crippen LogP contribution in [0.1, 0.15) is 29.8 Å². The Labute approximate surface area is 130 Å². The van der Waals surface area contributed by atoms with Crippen LogP contribution < -0.4 is 4.74 Å². The molecule has 1 aromatic carbocycles. The van der Waals surface area contributed by atoms with E-state index in [9.17, 15) is 5.11 Å². The fourth-order valence-corrected chi connectivity index (χ4v) is 2.80. The topological polar surface area (TPSA) is 46.8 Å². The molecule has 0 bridgehead atoms. The van der Waals surface area contributed by atoms with Gasteiger partial charge in [0.2, 0.25) is 0 Å². The molecule has 4 heteroatoms. The van der Waals surface area contributed by atoms with E-state index in [4.69, 9.17) is 9.72 Å². The molecule has 0 saturated heterocycles. The van der Waals surface area contributed by atoms with Crippen LogP contribution in [0.4, 0.5) is 0 Å². The summed E-state index contributed by atoms with van der Waals surface area (Å²) in [4.78, 5) is 4.72. The lowest BCUT2D eigenvalue weighted by Crippen LogP contribution is -1.99. The molecule has 4 nitrogen and oxygen atoms in total. The first-order valence-corrected chi connectivity index (χ1v) is 7.33. The van der Waals surface area contributed by atoms with Crippen molar-refractivity contribution >= 4 is 5.65 Å². The number of aliphatic hydroxyl groups excluding tert-OH is 1. The van der Waals surface area contributed by atoms with Crippen LogP contribution >= 0.6 is 0 Å². The van der Waals surface area contributed by atoms with Crippen molar-refractivity contribution in [1.29, 1.82) is 0 Å². The summed E-state index contributed by atoms with van der Waals surface area (Å²) in [7, 11) is 1.66. The fraction of sp³-hybridized carbons (Fsp3) is 0.278. The van der Waals surface area contributed by atoms with Crippen LogP contribution in [0.25, 0.3) is 16.9 Å². The number of aryl methyl sites for hydroxylation is 2. The third-order valence-corrected chi connectivity index (χ3v) is 3.88. The minimum atomic E-state index is -0.602. The zero-order valence-corrected chi connectivity index (χ0v) is 13.3. The third-order valence-electron chi connectivity index (χ3n) is 3.88. The molecule has 1 unspecified atom stereocenters. The molecule has 0 radical (unpaired) electrons. The minimum Gasteiger partial charge on any atom is -0.496 e. The zero-order valence-electron chi connectivity index (χ0n) is 13.3. The summed E-state index contributed by atoms with van der Waals surface area (Å²) < 4.78 is 7.26. The van der Waals surface area contributed by atoms with E-state index in [0.29, 0.717) is 0 Å². The van der Waals surface area contributed by atoms with E-state index in [1.165, 1.54) is 0 Å². The van der Waals surface area contributed by atoms with Crippen molar-refractivity contribution in [2.75, 3.05) is 7.11 Å². The number of fused-ring (bicyclic) bond motifs is 1. The Morgan fingerprint density at radius 1 is 1.18 bits per heavy atom. The van der Waals surface area contributed by atoms with Gasteiger partial charge in [-0.25, -0.2) is 4.98 Å². The minimum absolute atomic E-state index is 0.602. The van der Waals surface area contributed by atoms with E-state index in [0.717, 1.165) is 39.5 Å². The average Bonchev–Trinajstić information content (AvgIpc) is 2.85. The first-order chi connectivity index (χ1) is 10.5. The molecule has 0 aliphatic rings. The second-order valence-electron chi connectivity index (χ2n) is 5.64. The molecule has 3 rings (SSSR count). The predicted molar refractivity (Wildman–Crippen MR) is 87.3 cm³/mol. The van der Waals surface area contributed by atoms with Crippen molar-refractivity contribution in [3.63, 3.8) is 0 Å². The molecule has 0 saturated carbocycles. The van der Waals surface area contributed by atoms with Gasteiger partial charge in [0.25, 0.3) is 0 Å². The van der Waals surface area contributed by atoms with Gasteiger partial charge >= 0.3 is 0 Å². The Morgan fingerprint density at radius 3 is 2.59 bits per heavy atom. The number of aliphatic hydroxyl groups is 1. The maximum Gasteiger partial charge on any atom is 0.138 e. The van der Waals surface area contributed by atoms with Crippen molar-refractivity contribution in [3.05, 3.63) is 53.3 Å². The van der Waals surface area contributed by atoms with E-state index in [2.05, 4.69) is 0 Å². The van der Waals surface area contributed by atoms with Crippen molar-refractivity contribution in [2.24, 2.45) is 0 Å². The summed E-state index contributed by atoms with van der Waals surface area (Å²) >= 11 is 0. The number of rotatable bonds is 3. The fourth-order valence-electron chi connectivity index (χ4n) is 2.80. The number of imidazole rings is 1. The second kappa shape index (κ2) is 5.46. The van der Waals surface area contributed by atoms with Crippen LogP contribution in [0.15, 0.2) is 36.5 Å². The van der Waals surface area contributed by atoms with Crippen LogP contribution in [-0.2, 0) is 0 Å². The SMILES string of the molecule is COc1ccc(-c2nc3cc(C)ccn3c2C(C)O)cc1C. The van der Waals surface area contributed by atoms with E-state index < -0.39 is 6.10 Å². The van der Waals surface area contributed by atoms with E-state index >= 15 is 0 Å². The number of methoxy groups -OCH3 is 1. The monoisotopic (exact) mass is 296 g/mol. The molecule has 3 aromatic rings. The number of aromatic nitrogens is 2. The largest absolute Gasteiger partial charge is 0.496 e. The van der Waals surface area contributed by atoms with Gasteiger partial charge in [-0.15, -0.1) is 0 Å². The maximum absolute atomic E-state index is 10.2. The van der Waals surface area contributed by atoms with Crippen LogP contribution in [0.3, 0.4) is 0 Å². The molecule has 22 heavy (non-hydrogen) atoms. The lowest BCUT2D eigenvalue weighted by Gasteiger charge is -2.10. The molecule has 2 heterocycles. The van der Waals surface area contributed by atoms with Crippen molar-refractivity contribution < 1.29 is 9.84 Å². The average molecular weight is 296 g/mol. The van der Waals surface area contributed by atoms with Crippen LogP contribution in [0.2, 0.25) is 0 Å². The van der Waals surface area contributed by atoms with Gasteiger partial charge in [0.1, 0.15) is 11.4 Å². The van der Waals surface area contributed by atoms with Crippen molar-refractivity contribution in [2.45, 2.75) is 26.9 Å². The Balaban J connectivity index is 2.25. The Hall–Kier alpha value is -2.33. The van der Waals surface area contributed by atoms with Gasteiger partial charge in [-0.2, -0.15) is 0 Å². The van der Waals surface area contributed by atoms with E-state index in [-0.39, 0.29) is 0 Å². The highest BCUT2D eigenvalue weighted by Crippen LogP contribution is 2.31. The molecular formula is C18H20N2O2. The summed E-state index contributed by atoms with van der Waals surface area (Å²) in [6, 6.07) is 9.99. The first kappa shape index (κ1) is 14.6. The highest BCUT2D eigenvalue weighted by molar-refractivity contribution is 5.69. The summed E-state index contributed by atoms with van der Waals surface area (Å²) in [5.41, 5.74) is 5.64. The number of hydrogen-bond acceptors (Lipinski definition) is 3. The molecule has 114 valence electrons. The lowest BCUT2D eigenvalue weighted by molar-refractivity contribution is 0.194. The highest BCUT2D eigenvalue weighted by atomic mass is 16.5. The molecular weight excluding hydrogens is 276 g/mol. The van der Waals surface area contributed by atoms with Crippen LogP contribution in [0, 0.1) is 13.8 Å². The van der Waals surface area contributed by atoms with Gasteiger partial charge in [-0.1, -0.05) is 0 Å². The number of pyridine rings is 1. The summed E-state index contributed by atoms with van der Waals surface area (Å²) in [6.07, 6.45) is 1.36. The zero-order chi connectivity index (χ0) is 15.9. The molecule has 1 N–H and O–H groups in total. The van der Waals surface area contributed by atoms with Gasteiger partial charge in [-0.3, -0.25) is 0 Å². The lowest BCUT2D eigenvalue weighted by atomic mass is 10.0. The normalized spacial score (nSPS) is 12.6. The number of benzene rings is 1. The summed E-state index contributed by atoms with van der Waals surface area (Å²) in [5.74, 6) is 0.849. The third kappa shape index (κ3) is 2.35. The van der Waals surface area contributed by atoms with Crippen LogP contribution in [0.5, 0.6) is 5.75 Å². The smallest absolute Gasteiger partial charge is 0.138 e. The number of nitrogens with zero attached hydrogens (tertiary/aromatic N) is 2. The Morgan fingerprint density at radius 2 is 1.95 bits per heavy atom.